The van der Waals surface area contributed by atoms with E-state index in [0.29, 0.717) is 0 Å². The van der Waals surface area contributed by atoms with Gasteiger partial charge in [-0.3, -0.25) is 0 Å². The third-order valence-electron chi connectivity index (χ3n) is 5.37. The quantitative estimate of drug-likeness (QED) is 0.265. The van der Waals surface area contributed by atoms with Crippen LogP contribution in [0.3, 0.4) is 0 Å². The molecule has 4 aromatic carbocycles. The van der Waals surface area contributed by atoms with E-state index < -0.39 is 8.60 Å². The third-order valence-corrected chi connectivity index (χ3v) is 6.41. The van der Waals surface area contributed by atoms with E-state index >= 15 is 0 Å². The molecule has 0 fully saturated rings. The first kappa shape index (κ1) is 21.2. The van der Waals surface area contributed by atoms with Crippen LogP contribution in [-0.4, -0.2) is 0 Å². The molecule has 4 heteroatoms. The maximum absolute atomic E-state index is 6.38. The first-order valence-electron chi connectivity index (χ1n) is 10.7. The van der Waals surface area contributed by atoms with E-state index in [1.807, 2.05) is 54.6 Å². The monoisotopic (exact) mass is 430 g/mol. The minimum Gasteiger partial charge on any atom is -0.408 e. The van der Waals surface area contributed by atoms with Gasteiger partial charge in [0, 0.05) is 0 Å². The smallest absolute Gasteiger partial charge is 0.408 e. The Morgan fingerprint density at radius 1 is 0.581 bits per heavy atom. The minimum atomic E-state index is -1.70. The summed E-state index contributed by atoms with van der Waals surface area (Å²) in [4.78, 5) is 0. The molecule has 0 saturated heterocycles. The van der Waals surface area contributed by atoms with Crippen LogP contribution in [0.5, 0.6) is 17.2 Å². The van der Waals surface area contributed by atoms with Crippen molar-refractivity contribution in [1.82, 2.24) is 0 Å². The van der Waals surface area contributed by atoms with Gasteiger partial charge in [-0.05, 0) is 65.4 Å². The molecule has 0 unspecified atom stereocenters. The highest BCUT2D eigenvalue weighted by molar-refractivity contribution is 7.43. The number of hydrogen-bond acceptors (Lipinski definition) is 3. The van der Waals surface area contributed by atoms with E-state index in [9.17, 15) is 0 Å². The molecule has 0 aliphatic heterocycles. The van der Waals surface area contributed by atoms with Gasteiger partial charge in [-0.15, -0.1) is 0 Å². The first-order chi connectivity index (χ1) is 15.2. The fourth-order valence-electron chi connectivity index (χ4n) is 3.57. The van der Waals surface area contributed by atoms with Gasteiger partial charge < -0.3 is 13.6 Å². The van der Waals surface area contributed by atoms with Crippen LogP contribution in [0.2, 0.25) is 0 Å². The Morgan fingerprint density at radius 2 is 1.10 bits per heavy atom. The Hall–Kier alpha value is -3.03. The van der Waals surface area contributed by atoms with Crippen molar-refractivity contribution in [3.63, 3.8) is 0 Å². The van der Waals surface area contributed by atoms with Crippen molar-refractivity contribution >= 4 is 19.4 Å². The number of hydrogen-bond donors (Lipinski definition) is 0. The molecule has 0 saturated carbocycles. The van der Waals surface area contributed by atoms with Gasteiger partial charge in [0.2, 0.25) is 0 Å². The zero-order valence-corrected chi connectivity index (χ0v) is 19.1. The van der Waals surface area contributed by atoms with Gasteiger partial charge in [-0.25, -0.2) is 0 Å². The van der Waals surface area contributed by atoms with Gasteiger partial charge in [0.25, 0.3) is 0 Å². The molecule has 4 aromatic rings. The van der Waals surface area contributed by atoms with Crippen LogP contribution in [0.25, 0.3) is 10.8 Å². The van der Waals surface area contributed by atoms with Crippen LogP contribution >= 0.6 is 8.60 Å². The maximum Gasteiger partial charge on any atom is 0.530 e. The fraction of sp³-hybridized carbons (Fsp3) is 0.185. The molecular weight excluding hydrogens is 403 g/mol. The predicted octanol–water partition coefficient (Wildman–Crippen LogP) is 8.04. The molecule has 0 heterocycles. The van der Waals surface area contributed by atoms with Crippen LogP contribution in [0.15, 0.2) is 84.9 Å². The summed E-state index contributed by atoms with van der Waals surface area (Å²) in [6, 6.07) is 28.5. The number of aryl methyl sites for hydroxylation is 3. The van der Waals surface area contributed by atoms with Gasteiger partial charge in [0.15, 0.2) is 0 Å². The zero-order chi connectivity index (χ0) is 21.6. The van der Waals surface area contributed by atoms with E-state index in [2.05, 4.69) is 51.1 Å². The van der Waals surface area contributed by atoms with Crippen LogP contribution in [-0.2, 0) is 12.8 Å². The van der Waals surface area contributed by atoms with Crippen molar-refractivity contribution in [3.05, 3.63) is 102 Å². The summed E-state index contributed by atoms with van der Waals surface area (Å²) < 4.78 is 19.0. The third kappa shape index (κ3) is 4.84. The maximum atomic E-state index is 6.38. The summed E-state index contributed by atoms with van der Waals surface area (Å²) >= 11 is 0. The Balaban J connectivity index is 1.69. The van der Waals surface area contributed by atoms with Crippen LogP contribution in [0.4, 0.5) is 0 Å². The fourth-order valence-corrected chi connectivity index (χ4v) is 4.72. The Morgan fingerprint density at radius 3 is 1.71 bits per heavy atom. The normalized spacial score (nSPS) is 11.0. The number of fused-ring (bicyclic) bond motifs is 1. The molecule has 3 nitrogen and oxygen atoms in total. The lowest BCUT2D eigenvalue weighted by atomic mass is 10.1. The SMILES string of the molecule is CCc1ccccc1OP(Oc1ccccc1CC)Oc1ccc2ccccc2c1C. The lowest BCUT2D eigenvalue weighted by Gasteiger charge is -2.21. The van der Waals surface area contributed by atoms with Crippen molar-refractivity contribution in [2.75, 3.05) is 0 Å². The van der Waals surface area contributed by atoms with Crippen molar-refractivity contribution < 1.29 is 13.6 Å². The second kappa shape index (κ2) is 9.85. The second-order valence-electron chi connectivity index (χ2n) is 7.33. The molecule has 31 heavy (non-hydrogen) atoms. The van der Waals surface area contributed by atoms with E-state index in [1.54, 1.807) is 0 Å². The van der Waals surface area contributed by atoms with Crippen molar-refractivity contribution in [2.24, 2.45) is 0 Å². The molecule has 0 bridgehead atoms. The molecule has 0 atom stereocenters. The van der Waals surface area contributed by atoms with Gasteiger partial charge in [-0.2, -0.15) is 0 Å². The zero-order valence-electron chi connectivity index (χ0n) is 18.2. The molecule has 0 aliphatic carbocycles. The van der Waals surface area contributed by atoms with Crippen LogP contribution in [0.1, 0.15) is 30.5 Å². The lowest BCUT2D eigenvalue weighted by Crippen LogP contribution is -2.05. The van der Waals surface area contributed by atoms with Crippen molar-refractivity contribution in [3.8, 4) is 17.2 Å². The summed E-state index contributed by atoms with van der Waals surface area (Å²) in [5.41, 5.74) is 3.33. The van der Waals surface area contributed by atoms with Gasteiger partial charge in [-0.1, -0.05) is 80.6 Å². The standard InChI is InChI=1S/C27H27O3P/c1-4-21-12-7-10-16-26(21)29-31(30-27-17-11-8-13-22(27)5-2)28-25-19-18-23-14-6-9-15-24(23)20(25)3/h6-19H,4-5H2,1-3H3. The second-order valence-corrected chi connectivity index (χ2v) is 8.32. The minimum absolute atomic E-state index is 0.771. The highest BCUT2D eigenvalue weighted by Gasteiger charge is 2.23. The van der Waals surface area contributed by atoms with E-state index in [4.69, 9.17) is 13.6 Å². The molecule has 0 aliphatic rings. The first-order valence-corrected chi connectivity index (χ1v) is 11.8. The molecule has 0 radical (unpaired) electrons. The topological polar surface area (TPSA) is 27.7 Å². The summed E-state index contributed by atoms with van der Waals surface area (Å²) in [6.07, 6.45) is 1.75. The van der Waals surface area contributed by atoms with Gasteiger partial charge in [0.1, 0.15) is 17.2 Å². The highest BCUT2D eigenvalue weighted by Crippen LogP contribution is 2.45. The summed E-state index contributed by atoms with van der Waals surface area (Å²) in [7, 11) is -1.70. The molecule has 0 N–H and O–H groups in total. The molecular formula is C27H27O3P. The molecule has 0 aromatic heterocycles. The highest BCUT2D eigenvalue weighted by atomic mass is 31.2. The summed E-state index contributed by atoms with van der Waals surface area (Å²) in [6.45, 7) is 6.31. The van der Waals surface area contributed by atoms with Gasteiger partial charge >= 0.3 is 8.60 Å². The Bertz CT molecular complexity index is 1120. The average Bonchev–Trinajstić information content (AvgIpc) is 2.81. The number of benzene rings is 4. The van der Waals surface area contributed by atoms with Crippen LogP contribution in [0, 0.1) is 6.92 Å². The molecule has 4 rings (SSSR count). The van der Waals surface area contributed by atoms with E-state index in [0.717, 1.165) is 52.2 Å². The van der Waals surface area contributed by atoms with Crippen molar-refractivity contribution in [2.45, 2.75) is 33.6 Å². The van der Waals surface area contributed by atoms with E-state index in [1.165, 1.54) is 5.39 Å². The average molecular weight is 430 g/mol. The Labute approximate surface area is 185 Å². The molecule has 0 amide bonds. The largest absolute Gasteiger partial charge is 0.530 e. The van der Waals surface area contributed by atoms with Crippen molar-refractivity contribution in [1.29, 1.82) is 0 Å². The molecule has 0 spiro atoms. The Kier molecular flexibility index (Phi) is 6.74. The number of para-hydroxylation sites is 2. The predicted molar refractivity (Wildman–Crippen MR) is 129 cm³/mol. The molecule has 158 valence electrons. The number of rotatable bonds is 8. The summed E-state index contributed by atoms with van der Waals surface area (Å²) in [5, 5.41) is 2.35. The summed E-state index contributed by atoms with van der Waals surface area (Å²) in [5.74, 6) is 2.36. The van der Waals surface area contributed by atoms with Crippen LogP contribution < -0.4 is 13.6 Å². The lowest BCUT2D eigenvalue weighted by molar-refractivity contribution is 0.384. The van der Waals surface area contributed by atoms with Gasteiger partial charge in [0.05, 0.1) is 0 Å². The van der Waals surface area contributed by atoms with E-state index in [-0.39, 0.29) is 0 Å².